The average molecular weight is 426 g/mol. The van der Waals surface area contributed by atoms with Crippen LogP contribution in [0.4, 0.5) is 10.1 Å². The first-order valence-electron chi connectivity index (χ1n) is 10.2. The van der Waals surface area contributed by atoms with Crippen LogP contribution in [0.5, 0.6) is 0 Å². The summed E-state index contributed by atoms with van der Waals surface area (Å²) in [6, 6.07) is 9.44. The van der Waals surface area contributed by atoms with Crippen LogP contribution in [-0.2, 0) is 20.9 Å². The largest absolute Gasteiger partial charge is 0.448 e. The minimum Gasteiger partial charge on any atom is -0.448 e. The van der Waals surface area contributed by atoms with Gasteiger partial charge in [-0.15, -0.1) is 0 Å². The highest BCUT2D eigenvalue weighted by Gasteiger charge is 2.22. The molecule has 0 aliphatic heterocycles. The maximum Gasteiger partial charge on any atom is 0.349 e. The highest BCUT2D eigenvalue weighted by molar-refractivity contribution is 6.01. The fourth-order valence-electron chi connectivity index (χ4n) is 3.07. The standard InChI is InChI=1S/C24H28FN3O3/c1-15(2)10-11-28-16(3)12-19(17(28)4)13-20(14-26)24(30)31-18(5)23(29)27-22-9-7-6-8-21(22)25/h6-9,12-13,15,18H,10-11H2,1-5H3,(H,27,29)/b20-13+/t18-/m1/s1. The number of nitrogens with one attached hydrogen (secondary N) is 1. The zero-order chi connectivity index (χ0) is 23.1. The number of nitrogens with zero attached hydrogens (tertiary/aromatic N) is 2. The van der Waals surface area contributed by atoms with Gasteiger partial charge in [0.25, 0.3) is 5.91 Å². The second kappa shape index (κ2) is 10.6. The van der Waals surface area contributed by atoms with Crippen molar-refractivity contribution in [1.82, 2.24) is 4.57 Å². The van der Waals surface area contributed by atoms with Crippen molar-refractivity contribution in [2.75, 3.05) is 5.32 Å². The van der Waals surface area contributed by atoms with Crippen LogP contribution in [0.2, 0.25) is 0 Å². The van der Waals surface area contributed by atoms with E-state index in [0.29, 0.717) is 5.92 Å². The number of anilines is 1. The van der Waals surface area contributed by atoms with Crippen molar-refractivity contribution in [1.29, 1.82) is 5.26 Å². The van der Waals surface area contributed by atoms with Gasteiger partial charge in [-0.05, 0) is 62.9 Å². The molecule has 0 bridgehead atoms. The summed E-state index contributed by atoms with van der Waals surface area (Å²) in [6.07, 6.45) is 1.28. The lowest BCUT2D eigenvalue weighted by molar-refractivity contribution is -0.148. The van der Waals surface area contributed by atoms with Crippen molar-refractivity contribution in [3.8, 4) is 6.07 Å². The monoisotopic (exact) mass is 425 g/mol. The Kier molecular flexibility index (Phi) is 8.14. The minimum absolute atomic E-state index is 0.0136. The first-order valence-corrected chi connectivity index (χ1v) is 10.2. The number of carbonyl (C=O) groups is 2. The fourth-order valence-corrected chi connectivity index (χ4v) is 3.07. The number of aryl methyl sites for hydroxylation is 1. The molecule has 1 N–H and O–H groups in total. The molecule has 1 atom stereocenters. The number of benzene rings is 1. The average Bonchev–Trinajstić information content (AvgIpc) is 2.98. The lowest BCUT2D eigenvalue weighted by Gasteiger charge is -2.13. The number of carbonyl (C=O) groups excluding carboxylic acids is 2. The summed E-state index contributed by atoms with van der Waals surface area (Å²) in [5.74, 6) is -1.64. The molecule has 7 heteroatoms. The van der Waals surface area contributed by atoms with Crippen molar-refractivity contribution < 1.29 is 18.7 Å². The Morgan fingerprint density at radius 2 is 1.94 bits per heavy atom. The van der Waals surface area contributed by atoms with Crippen LogP contribution in [-0.4, -0.2) is 22.5 Å². The molecule has 2 aromatic rings. The van der Waals surface area contributed by atoms with Gasteiger partial charge in [0.05, 0.1) is 5.69 Å². The quantitative estimate of drug-likeness (QED) is 0.375. The third-order valence-corrected chi connectivity index (χ3v) is 4.97. The predicted octanol–water partition coefficient (Wildman–Crippen LogP) is 4.77. The number of rotatable bonds is 8. The Labute approximate surface area is 182 Å². The van der Waals surface area contributed by atoms with E-state index in [9.17, 15) is 19.2 Å². The van der Waals surface area contributed by atoms with Crippen molar-refractivity contribution in [3.63, 3.8) is 0 Å². The molecule has 0 radical (unpaired) electrons. The van der Waals surface area contributed by atoms with Crippen LogP contribution in [0.15, 0.2) is 35.9 Å². The zero-order valence-electron chi connectivity index (χ0n) is 18.5. The van der Waals surface area contributed by atoms with Crippen LogP contribution in [0.25, 0.3) is 6.08 Å². The van der Waals surface area contributed by atoms with Gasteiger partial charge >= 0.3 is 5.97 Å². The fraction of sp³-hybridized carbons (Fsp3) is 0.375. The lowest BCUT2D eigenvalue weighted by Crippen LogP contribution is -2.30. The van der Waals surface area contributed by atoms with E-state index in [1.54, 1.807) is 6.07 Å². The number of hydrogen-bond donors (Lipinski definition) is 1. The number of halogens is 1. The summed E-state index contributed by atoms with van der Waals surface area (Å²) in [4.78, 5) is 24.7. The highest BCUT2D eigenvalue weighted by atomic mass is 19.1. The third kappa shape index (κ3) is 6.29. The Bertz CT molecular complexity index is 1030. The second-order valence-electron chi connectivity index (χ2n) is 7.85. The van der Waals surface area contributed by atoms with Gasteiger partial charge in [0.2, 0.25) is 0 Å². The van der Waals surface area contributed by atoms with E-state index in [4.69, 9.17) is 4.74 Å². The molecule has 0 aliphatic carbocycles. The van der Waals surface area contributed by atoms with Gasteiger partial charge in [0.1, 0.15) is 17.5 Å². The third-order valence-electron chi connectivity index (χ3n) is 4.97. The lowest BCUT2D eigenvalue weighted by atomic mass is 10.1. The van der Waals surface area contributed by atoms with Gasteiger partial charge in [-0.25, -0.2) is 9.18 Å². The summed E-state index contributed by atoms with van der Waals surface area (Å²) < 4.78 is 21.0. The van der Waals surface area contributed by atoms with Gasteiger partial charge in [0, 0.05) is 17.9 Å². The van der Waals surface area contributed by atoms with E-state index in [1.165, 1.54) is 31.2 Å². The molecule has 31 heavy (non-hydrogen) atoms. The molecule has 1 heterocycles. The van der Waals surface area contributed by atoms with Crippen LogP contribution >= 0.6 is 0 Å². The molecule has 0 saturated carbocycles. The number of amides is 1. The highest BCUT2D eigenvalue weighted by Crippen LogP contribution is 2.20. The molecule has 1 aromatic carbocycles. The molecule has 2 rings (SSSR count). The molecule has 0 fully saturated rings. The molecule has 0 spiro atoms. The number of esters is 1. The maximum absolute atomic E-state index is 13.7. The van der Waals surface area contributed by atoms with Crippen LogP contribution in [0.1, 0.15) is 44.1 Å². The van der Waals surface area contributed by atoms with Gasteiger partial charge in [-0.2, -0.15) is 5.26 Å². The number of hydrogen-bond acceptors (Lipinski definition) is 4. The van der Waals surface area contributed by atoms with Crippen LogP contribution < -0.4 is 5.32 Å². The van der Waals surface area contributed by atoms with E-state index in [0.717, 1.165) is 29.9 Å². The molecule has 6 nitrogen and oxygen atoms in total. The number of nitriles is 1. The molecular formula is C24H28FN3O3. The second-order valence-corrected chi connectivity index (χ2v) is 7.85. The number of para-hydroxylation sites is 1. The van der Waals surface area contributed by atoms with Crippen LogP contribution in [0, 0.1) is 36.9 Å². The summed E-state index contributed by atoms with van der Waals surface area (Å²) in [5, 5.41) is 11.8. The maximum atomic E-state index is 13.7. The topological polar surface area (TPSA) is 84.1 Å². The Hall–Kier alpha value is -3.40. The molecule has 164 valence electrons. The van der Waals surface area contributed by atoms with E-state index < -0.39 is 23.8 Å². The molecule has 0 saturated heterocycles. The molecule has 0 unspecified atom stereocenters. The smallest absolute Gasteiger partial charge is 0.349 e. The molecule has 0 aliphatic rings. The van der Waals surface area contributed by atoms with Gasteiger partial charge in [-0.1, -0.05) is 26.0 Å². The summed E-state index contributed by atoms with van der Waals surface area (Å²) in [6.45, 7) is 10.4. The van der Waals surface area contributed by atoms with Crippen molar-refractivity contribution in [3.05, 3.63) is 58.7 Å². The van der Waals surface area contributed by atoms with E-state index in [1.807, 2.05) is 26.0 Å². The molecule has 1 aromatic heterocycles. The molecular weight excluding hydrogens is 397 g/mol. The Morgan fingerprint density at radius 3 is 2.55 bits per heavy atom. The Morgan fingerprint density at radius 1 is 1.26 bits per heavy atom. The van der Waals surface area contributed by atoms with Crippen molar-refractivity contribution in [2.24, 2.45) is 5.92 Å². The van der Waals surface area contributed by atoms with E-state index >= 15 is 0 Å². The van der Waals surface area contributed by atoms with E-state index in [-0.39, 0.29) is 11.3 Å². The number of ether oxygens (including phenoxy) is 1. The minimum atomic E-state index is -1.21. The summed E-state index contributed by atoms with van der Waals surface area (Å²) in [5.41, 5.74) is 2.50. The predicted molar refractivity (Wildman–Crippen MR) is 118 cm³/mol. The van der Waals surface area contributed by atoms with Crippen molar-refractivity contribution in [2.45, 2.75) is 53.7 Å². The van der Waals surface area contributed by atoms with Crippen molar-refractivity contribution >= 4 is 23.6 Å². The Balaban J connectivity index is 2.12. The first-order chi connectivity index (χ1) is 14.6. The van der Waals surface area contributed by atoms with Gasteiger partial charge < -0.3 is 14.6 Å². The summed E-state index contributed by atoms with van der Waals surface area (Å²) >= 11 is 0. The van der Waals surface area contributed by atoms with Crippen LogP contribution in [0.3, 0.4) is 0 Å². The van der Waals surface area contributed by atoms with Gasteiger partial charge in [-0.3, -0.25) is 4.79 Å². The zero-order valence-corrected chi connectivity index (χ0v) is 18.5. The first kappa shape index (κ1) is 23.9. The molecule has 1 amide bonds. The SMILES string of the molecule is Cc1cc(/C=C(\C#N)C(=O)O[C@H](C)C(=O)Nc2ccccc2F)c(C)n1CCC(C)C. The normalized spacial score (nSPS) is 12.4. The number of aromatic nitrogens is 1. The van der Waals surface area contributed by atoms with Gasteiger partial charge in [0.15, 0.2) is 6.10 Å². The summed E-state index contributed by atoms with van der Waals surface area (Å²) in [7, 11) is 0. The van der Waals surface area contributed by atoms with E-state index in [2.05, 4.69) is 23.7 Å².